The van der Waals surface area contributed by atoms with Gasteiger partial charge in [0.1, 0.15) is 0 Å². The molecule has 14 heavy (non-hydrogen) atoms. The Labute approximate surface area is 98.0 Å². The smallest absolute Gasteiger partial charge is 0.234 e. The Morgan fingerprint density at radius 2 is 1.79 bits per heavy atom. The maximum Gasteiger partial charge on any atom is 0.234 e. The number of hydrogen-bond acceptors (Lipinski definition) is 2. The fourth-order valence-corrected chi connectivity index (χ4v) is 1.70. The van der Waals surface area contributed by atoms with Gasteiger partial charge in [-0.15, -0.1) is 24.8 Å². The fraction of sp³-hybridized carbons (Fsp3) is 0.889. The number of carbonyl (C=O) groups is 1. The summed E-state index contributed by atoms with van der Waals surface area (Å²) < 4.78 is 0. The normalized spacial score (nSPS) is 18.9. The van der Waals surface area contributed by atoms with Crippen molar-refractivity contribution < 1.29 is 4.79 Å². The second-order valence-electron chi connectivity index (χ2n) is 3.63. The first-order chi connectivity index (χ1) is 5.70. The van der Waals surface area contributed by atoms with Crippen LogP contribution in [0.2, 0.25) is 0 Å². The number of rotatable bonds is 3. The van der Waals surface area contributed by atoms with Gasteiger partial charge in [-0.1, -0.05) is 19.3 Å². The summed E-state index contributed by atoms with van der Waals surface area (Å²) in [5.41, 5.74) is 5.15. The monoisotopic (exact) mass is 242 g/mol. The van der Waals surface area contributed by atoms with E-state index in [4.69, 9.17) is 5.73 Å². The summed E-state index contributed by atoms with van der Waals surface area (Å²) in [4.78, 5) is 10.7. The third-order valence-corrected chi connectivity index (χ3v) is 2.52. The maximum absolute atomic E-state index is 10.7. The van der Waals surface area contributed by atoms with Crippen molar-refractivity contribution in [1.29, 1.82) is 0 Å². The number of halogens is 2. The van der Waals surface area contributed by atoms with Crippen LogP contribution in [0.4, 0.5) is 0 Å². The van der Waals surface area contributed by atoms with Crippen molar-refractivity contribution in [2.75, 3.05) is 0 Å². The molecule has 86 valence electrons. The molecule has 0 aliphatic heterocycles. The van der Waals surface area contributed by atoms with Crippen LogP contribution in [0.1, 0.15) is 39.0 Å². The van der Waals surface area contributed by atoms with Crippen molar-refractivity contribution in [2.24, 2.45) is 5.73 Å². The number of amides is 1. The van der Waals surface area contributed by atoms with E-state index in [0.717, 1.165) is 0 Å². The molecule has 0 aromatic carbocycles. The van der Waals surface area contributed by atoms with Crippen LogP contribution in [0.5, 0.6) is 0 Å². The molecular weight excluding hydrogens is 223 g/mol. The van der Waals surface area contributed by atoms with Crippen molar-refractivity contribution in [3.63, 3.8) is 0 Å². The van der Waals surface area contributed by atoms with Crippen LogP contribution in [0, 0.1) is 0 Å². The third kappa shape index (κ3) is 5.68. The SMILES string of the molecule is C[C@H](NC1CCCCC1)C(N)=O.Cl.Cl. The highest BCUT2D eigenvalue weighted by Gasteiger charge is 2.17. The van der Waals surface area contributed by atoms with Gasteiger partial charge >= 0.3 is 0 Å². The minimum absolute atomic E-state index is 0. The zero-order valence-electron chi connectivity index (χ0n) is 8.49. The van der Waals surface area contributed by atoms with Gasteiger partial charge in [-0.2, -0.15) is 0 Å². The van der Waals surface area contributed by atoms with Crippen molar-refractivity contribution in [1.82, 2.24) is 5.32 Å². The fourth-order valence-electron chi connectivity index (χ4n) is 1.70. The summed E-state index contributed by atoms with van der Waals surface area (Å²) in [6, 6.07) is 0.342. The Balaban J connectivity index is 0. The second-order valence-corrected chi connectivity index (χ2v) is 3.63. The minimum atomic E-state index is -0.249. The van der Waals surface area contributed by atoms with Crippen LogP contribution in [0.3, 0.4) is 0 Å². The van der Waals surface area contributed by atoms with E-state index in [9.17, 15) is 4.79 Å². The lowest BCUT2D eigenvalue weighted by Gasteiger charge is -2.25. The first-order valence-corrected chi connectivity index (χ1v) is 4.75. The number of carbonyl (C=O) groups excluding carboxylic acids is 1. The van der Waals surface area contributed by atoms with Crippen molar-refractivity contribution in [3.8, 4) is 0 Å². The number of nitrogens with two attached hydrogens (primary N) is 1. The Kier molecular flexibility index (Phi) is 9.78. The molecule has 1 atom stereocenters. The summed E-state index contributed by atoms with van der Waals surface area (Å²) in [5, 5.41) is 3.24. The number of hydrogen-bond donors (Lipinski definition) is 2. The first-order valence-electron chi connectivity index (χ1n) is 4.75. The first kappa shape index (κ1) is 16.4. The molecule has 0 spiro atoms. The standard InChI is InChI=1S/C9H18N2O.2ClH/c1-7(9(10)12)11-8-5-3-2-4-6-8;;/h7-8,11H,2-6H2,1H3,(H2,10,12);2*1H/t7-;;/m0../s1. The third-order valence-electron chi connectivity index (χ3n) is 2.52. The predicted molar refractivity (Wildman–Crippen MR) is 63.2 cm³/mol. The minimum Gasteiger partial charge on any atom is -0.368 e. The molecule has 1 rings (SSSR count). The van der Waals surface area contributed by atoms with E-state index in [1.165, 1.54) is 32.1 Å². The van der Waals surface area contributed by atoms with Gasteiger partial charge in [0.05, 0.1) is 6.04 Å². The van der Waals surface area contributed by atoms with Gasteiger partial charge in [0.2, 0.25) is 5.91 Å². The molecule has 1 amide bonds. The average Bonchev–Trinajstić information content (AvgIpc) is 2.06. The van der Waals surface area contributed by atoms with Crippen molar-refractivity contribution in [2.45, 2.75) is 51.1 Å². The molecule has 3 N–H and O–H groups in total. The Morgan fingerprint density at radius 3 is 2.21 bits per heavy atom. The summed E-state index contributed by atoms with van der Waals surface area (Å²) >= 11 is 0. The van der Waals surface area contributed by atoms with E-state index in [2.05, 4.69) is 5.32 Å². The van der Waals surface area contributed by atoms with Crippen LogP contribution >= 0.6 is 24.8 Å². The molecule has 0 aromatic rings. The number of primary amides is 1. The summed E-state index contributed by atoms with van der Waals surface area (Å²) in [6.45, 7) is 1.83. The molecule has 0 aromatic heterocycles. The lowest BCUT2D eigenvalue weighted by atomic mass is 9.95. The molecule has 1 fully saturated rings. The molecule has 1 aliphatic carbocycles. The lowest BCUT2D eigenvalue weighted by Crippen LogP contribution is -2.45. The van der Waals surface area contributed by atoms with E-state index in [0.29, 0.717) is 6.04 Å². The van der Waals surface area contributed by atoms with Crippen LogP contribution in [-0.4, -0.2) is 18.0 Å². The zero-order valence-corrected chi connectivity index (χ0v) is 10.1. The Morgan fingerprint density at radius 1 is 1.29 bits per heavy atom. The summed E-state index contributed by atoms with van der Waals surface area (Å²) in [5.74, 6) is -0.249. The number of nitrogens with one attached hydrogen (secondary N) is 1. The van der Waals surface area contributed by atoms with Gasteiger partial charge < -0.3 is 11.1 Å². The average molecular weight is 243 g/mol. The van der Waals surface area contributed by atoms with Gasteiger partial charge in [0.15, 0.2) is 0 Å². The molecular formula is C9H20Cl2N2O. The Bertz CT molecular complexity index is 161. The van der Waals surface area contributed by atoms with E-state index >= 15 is 0 Å². The zero-order chi connectivity index (χ0) is 8.97. The van der Waals surface area contributed by atoms with E-state index in [-0.39, 0.29) is 36.8 Å². The lowest BCUT2D eigenvalue weighted by molar-refractivity contribution is -0.119. The molecule has 3 nitrogen and oxygen atoms in total. The summed E-state index contributed by atoms with van der Waals surface area (Å²) in [7, 11) is 0. The van der Waals surface area contributed by atoms with Gasteiger partial charge in [-0.3, -0.25) is 4.79 Å². The highest BCUT2D eigenvalue weighted by Crippen LogP contribution is 2.17. The molecule has 1 aliphatic rings. The van der Waals surface area contributed by atoms with Gasteiger partial charge in [-0.25, -0.2) is 0 Å². The second kappa shape index (κ2) is 8.33. The molecule has 0 radical (unpaired) electrons. The van der Waals surface area contributed by atoms with E-state index in [1.54, 1.807) is 0 Å². The molecule has 0 heterocycles. The molecule has 1 saturated carbocycles. The topological polar surface area (TPSA) is 55.1 Å². The van der Waals surface area contributed by atoms with Crippen LogP contribution in [-0.2, 0) is 4.79 Å². The molecule has 5 heteroatoms. The highest BCUT2D eigenvalue weighted by molar-refractivity contribution is 5.85. The molecule has 0 saturated heterocycles. The van der Waals surface area contributed by atoms with Gasteiger partial charge in [0.25, 0.3) is 0 Å². The maximum atomic E-state index is 10.7. The highest BCUT2D eigenvalue weighted by atomic mass is 35.5. The quantitative estimate of drug-likeness (QED) is 0.791. The van der Waals surface area contributed by atoms with Gasteiger partial charge in [-0.05, 0) is 19.8 Å². The van der Waals surface area contributed by atoms with E-state index < -0.39 is 0 Å². The summed E-state index contributed by atoms with van der Waals surface area (Å²) in [6.07, 6.45) is 6.28. The van der Waals surface area contributed by atoms with Crippen LogP contribution in [0.15, 0.2) is 0 Å². The predicted octanol–water partition coefficient (Wildman–Crippen LogP) is 1.63. The molecule has 0 unspecified atom stereocenters. The van der Waals surface area contributed by atoms with Crippen molar-refractivity contribution in [3.05, 3.63) is 0 Å². The largest absolute Gasteiger partial charge is 0.368 e. The van der Waals surface area contributed by atoms with E-state index in [1.807, 2.05) is 6.92 Å². The van der Waals surface area contributed by atoms with Gasteiger partial charge in [0, 0.05) is 6.04 Å². The van der Waals surface area contributed by atoms with Crippen LogP contribution in [0.25, 0.3) is 0 Å². The van der Waals surface area contributed by atoms with Crippen molar-refractivity contribution >= 4 is 30.7 Å². The van der Waals surface area contributed by atoms with Crippen LogP contribution < -0.4 is 11.1 Å². The molecule has 0 bridgehead atoms. The Hall–Kier alpha value is 0.01000.